The Morgan fingerprint density at radius 1 is 1.41 bits per heavy atom. The van der Waals surface area contributed by atoms with Crippen LogP contribution >= 0.6 is 0 Å². The molecule has 1 aromatic carbocycles. The predicted molar refractivity (Wildman–Crippen MR) is 65.8 cm³/mol. The van der Waals surface area contributed by atoms with E-state index in [0.717, 1.165) is 17.1 Å². The lowest BCUT2D eigenvalue weighted by Gasteiger charge is -2.15. The Bertz CT molecular complexity index is 448. The number of nitrogens with two attached hydrogens (primary N) is 1. The van der Waals surface area contributed by atoms with Gasteiger partial charge in [-0.1, -0.05) is 12.0 Å². The minimum absolute atomic E-state index is 0.0883. The summed E-state index contributed by atoms with van der Waals surface area (Å²) in [4.78, 5) is 0. The van der Waals surface area contributed by atoms with Gasteiger partial charge in [-0.05, 0) is 24.6 Å². The first kappa shape index (κ1) is 11.8. The molecule has 1 atom stereocenters. The zero-order valence-corrected chi connectivity index (χ0v) is 9.82. The van der Waals surface area contributed by atoms with E-state index in [1.165, 1.54) is 0 Å². The van der Waals surface area contributed by atoms with Gasteiger partial charge in [-0.15, -0.1) is 5.92 Å². The van der Waals surface area contributed by atoms with Gasteiger partial charge in [0.1, 0.15) is 0 Å². The Hall–Kier alpha value is -1.70. The van der Waals surface area contributed by atoms with Crippen LogP contribution in [0.1, 0.15) is 18.5 Å². The van der Waals surface area contributed by atoms with Gasteiger partial charge in [0.2, 0.25) is 6.79 Å². The minimum Gasteiger partial charge on any atom is -0.454 e. The smallest absolute Gasteiger partial charge is 0.231 e. The van der Waals surface area contributed by atoms with Gasteiger partial charge in [0.15, 0.2) is 11.5 Å². The summed E-state index contributed by atoms with van der Waals surface area (Å²) in [5.74, 6) is 7.38. The largest absolute Gasteiger partial charge is 0.454 e. The van der Waals surface area contributed by atoms with Crippen molar-refractivity contribution in [2.45, 2.75) is 13.0 Å². The quantitative estimate of drug-likeness (QED) is 0.761. The first-order chi connectivity index (χ1) is 8.35. The van der Waals surface area contributed by atoms with Crippen molar-refractivity contribution in [3.63, 3.8) is 0 Å². The molecule has 17 heavy (non-hydrogen) atoms. The molecule has 0 spiro atoms. The number of benzene rings is 1. The average molecular weight is 232 g/mol. The summed E-state index contributed by atoms with van der Waals surface area (Å²) in [6.07, 6.45) is 0. The maximum atomic E-state index is 5.75. The standard InChI is InChI=1S/C13H16N2O2/c1-2-3-6-15-11(8-14)10-4-5-12-13(7-10)17-9-16-12/h4-5,7,11,15H,6,8-9,14H2,1H3. The minimum atomic E-state index is 0.0883. The third-order valence-corrected chi connectivity index (χ3v) is 2.65. The van der Waals surface area contributed by atoms with Crippen molar-refractivity contribution >= 4 is 0 Å². The van der Waals surface area contributed by atoms with Gasteiger partial charge < -0.3 is 15.2 Å². The van der Waals surface area contributed by atoms with Crippen LogP contribution in [0.15, 0.2) is 18.2 Å². The zero-order chi connectivity index (χ0) is 12.1. The summed E-state index contributed by atoms with van der Waals surface area (Å²) in [5.41, 5.74) is 6.84. The highest BCUT2D eigenvalue weighted by molar-refractivity contribution is 5.45. The molecule has 0 fully saturated rings. The monoisotopic (exact) mass is 232 g/mol. The van der Waals surface area contributed by atoms with Crippen LogP contribution in [0.3, 0.4) is 0 Å². The molecule has 0 radical (unpaired) electrons. The zero-order valence-electron chi connectivity index (χ0n) is 9.82. The molecule has 0 saturated carbocycles. The van der Waals surface area contributed by atoms with Crippen LogP contribution in [0.25, 0.3) is 0 Å². The van der Waals surface area contributed by atoms with Crippen molar-refractivity contribution in [3.05, 3.63) is 23.8 Å². The van der Waals surface area contributed by atoms with E-state index in [4.69, 9.17) is 15.2 Å². The van der Waals surface area contributed by atoms with E-state index in [0.29, 0.717) is 19.9 Å². The second-order valence-electron chi connectivity index (χ2n) is 3.71. The number of fused-ring (bicyclic) bond motifs is 1. The molecular formula is C13H16N2O2. The molecule has 1 aliphatic rings. The van der Waals surface area contributed by atoms with Crippen LogP contribution in [0.4, 0.5) is 0 Å². The van der Waals surface area contributed by atoms with Crippen molar-refractivity contribution < 1.29 is 9.47 Å². The number of hydrogen-bond donors (Lipinski definition) is 2. The van der Waals surface area contributed by atoms with Crippen molar-refractivity contribution in [3.8, 4) is 23.3 Å². The first-order valence-electron chi connectivity index (χ1n) is 5.57. The predicted octanol–water partition coefficient (Wildman–Crippen LogP) is 1.03. The summed E-state index contributed by atoms with van der Waals surface area (Å²) in [7, 11) is 0. The number of nitrogens with one attached hydrogen (secondary N) is 1. The molecule has 1 heterocycles. The normalized spacial score (nSPS) is 14.0. The molecule has 0 amide bonds. The molecule has 4 nitrogen and oxygen atoms in total. The highest BCUT2D eigenvalue weighted by Crippen LogP contribution is 2.33. The fourth-order valence-corrected chi connectivity index (χ4v) is 1.73. The molecule has 90 valence electrons. The summed E-state index contributed by atoms with van der Waals surface area (Å²) >= 11 is 0. The maximum absolute atomic E-state index is 5.75. The number of ether oxygens (including phenoxy) is 2. The van der Waals surface area contributed by atoms with E-state index >= 15 is 0 Å². The molecule has 1 aliphatic heterocycles. The Morgan fingerprint density at radius 2 is 2.24 bits per heavy atom. The van der Waals surface area contributed by atoms with Crippen LogP contribution in [0.2, 0.25) is 0 Å². The highest BCUT2D eigenvalue weighted by Gasteiger charge is 2.16. The summed E-state index contributed by atoms with van der Waals surface area (Å²) in [6, 6.07) is 5.96. The topological polar surface area (TPSA) is 56.5 Å². The lowest BCUT2D eigenvalue weighted by molar-refractivity contribution is 0.174. The molecular weight excluding hydrogens is 216 g/mol. The lowest BCUT2D eigenvalue weighted by Crippen LogP contribution is -2.28. The first-order valence-corrected chi connectivity index (χ1v) is 5.57. The fourth-order valence-electron chi connectivity index (χ4n) is 1.73. The molecule has 4 heteroatoms. The molecule has 1 unspecified atom stereocenters. The van der Waals surface area contributed by atoms with Crippen LogP contribution in [-0.2, 0) is 0 Å². The van der Waals surface area contributed by atoms with E-state index in [-0.39, 0.29) is 6.04 Å². The molecule has 2 rings (SSSR count). The number of rotatable bonds is 4. The van der Waals surface area contributed by atoms with Crippen LogP contribution in [0, 0.1) is 11.8 Å². The summed E-state index contributed by atoms with van der Waals surface area (Å²) in [6.45, 7) is 3.26. The third-order valence-electron chi connectivity index (χ3n) is 2.65. The van der Waals surface area contributed by atoms with Gasteiger partial charge >= 0.3 is 0 Å². The Kier molecular flexibility index (Phi) is 3.86. The van der Waals surface area contributed by atoms with Crippen LogP contribution in [0.5, 0.6) is 11.5 Å². The second kappa shape index (κ2) is 5.58. The Balaban J connectivity index is 2.10. The maximum Gasteiger partial charge on any atom is 0.231 e. The van der Waals surface area contributed by atoms with E-state index in [1.54, 1.807) is 0 Å². The van der Waals surface area contributed by atoms with E-state index < -0.39 is 0 Å². The van der Waals surface area contributed by atoms with Gasteiger partial charge in [0, 0.05) is 12.6 Å². The second-order valence-corrected chi connectivity index (χ2v) is 3.71. The Morgan fingerprint density at radius 3 is 3.00 bits per heavy atom. The molecule has 1 aromatic rings. The van der Waals surface area contributed by atoms with Crippen molar-refractivity contribution in [2.75, 3.05) is 19.9 Å². The van der Waals surface area contributed by atoms with E-state index in [9.17, 15) is 0 Å². The number of hydrogen-bond acceptors (Lipinski definition) is 4. The molecule has 0 bridgehead atoms. The van der Waals surface area contributed by atoms with E-state index in [1.807, 2.05) is 25.1 Å². The third kappa shape index (κ3) is 2.70. The van der Waals surface area contributed by atoms with Crippen LogP contribution < -0.4 is 20.5 Å². The molecule has 0 saturated heterocycles. The fraction of sp³-hybridized carbons (Fsp3) is 0.385. The van der Waals surface area contributed by atoms with Gasteiger partial charge in [-0.2, -0.15) is 0 Å². The summed E-state index contributed by atoms with van der Waals surface area (Å²) in [5, 5.41) is 3.28. The average Bonchev–Trinajstić information content (AvgIpc) is 2.82. The van der Waals surface area contributed by atoms with Crippen molar-refractivity contribution in [2.24, 2.45) is 5.73 Å². The Labute approximate surface area is 101 Å². The molecule has 3 N–H and O–H groups in total. The van der Waals surface area contributed by atoms with Gasteiger partial charge in [-0.3, -0.25) is 5.32 Å². The lowest BCUT2D eigenvalue weighted by atomic mass is 10.1. The summed E-state index contributed by atoms with van der Waals surface area (Å²) < 4.78 is 10.6. The van der Waals surface area contributed by atoms with Gasteiger partial charge in [0.25, 0.3) is 0 Å². The SMILES string of the molecule is CC#CCNC(CN)c1ccc2c(c1)OCO2. The molecule has 0 aliphatic carbocycles. The van der Waals surface area contributed by atoms with Gasteiger partial charge in [0.05, 0.1) is 6.54 Å². The highest BCUT2D eigenvalue weighted by atomic mass is 16.7. The van der Waals surface area contributed by atoms with Crippen LogP contribution in [-0.4, -0.2) is 19.9 Å². The van der Waals surface area contributed by atoms with Gasteiger partial charge in [-0.25, -0.2) is 0 Å². The van der Waals surface area contributed by atoms with Crippen molar-refractivity contribution in [1.82, 2.24) is 5.32 Å². The molecule has 0 aromatic heterocycles. The van der Waals surface area contributed by atoms with E-state index in [2.05, 4.69) is 17.2 Å². The van der Waals surface area contributed by atoms with Crippen molar-refractivity contribution in [1.29, 1.82) is 0 Å².